The van der Waals surface area contributed by atoms with Gasteiger partial charge in [0.1, 0.15) is 0 Å². The number of rotatable bonds is 6. The van der Waals surface area contributed by atoms with E-state index < -0.39 is 10.0 Å². The average molecular weight is 431 g/mol. The van der Waals surface area contributed by atoms with Crippen molar-refractivity contribution in [2.75, 3.05) is 18.4 Å². The van der Waals surface area contributed by atoms with Crippen LogP contribution in [0.1, 0.15) is 32.8 Å². The van der Waals surface area contributed by atoms with Crippen molar-refractivity contribution in [2.45, 2.75) is 44.6 Å². The van der Waals surface area contributed by atoms with Crippen molar-refractivity contribution in [1.29, 1.82) is 0 Å². The van der Waals surface area contributed by atoms with Crippen LogP contribution < -0.4 is 10.6 Å². The molecule has 0 aliphatic carbocycles. The van der Waals surface area contributed by atoms with Gasteiger partial charge < -0.3 is 10.6 Å². The molecule has 3 atom stereocenters. The first-order valence-corrected chi connectivity index (χ1v) is 11.7. The van der Waals surface area contributed by atoms with Crippen LogP contribution in [0.25, 0.3) is 0 Å². The molecule has 1 fully saturated rings. The molecule has 2 amide bonds. The number of urea groups is 1. The second kappa shape index (κ2) is 9.57. The van der Waals surface area contributed by atoms with Crippen LogP contribution in [0.5, 0.6) is 0 Å². The molecule has 1 aromatic carbocycles. The van der Waals surface area contributed by atoms with E-state index in [1.165, 1.54) is 0 Å². The molecule has 2 aromatic rings. The number of pyridine rings is 1. The maximum Gasteiger partial charge on any atom is 0.319 e. The van der Waals surface area contributed by atoms with Crippen LogP contribution in [-0.4, -0.2) is 42.9 Å². The molecule has 1 saturated heterocycles. The molecule has 3 rings (SSSR count). The number of benzene rings is 1. The first-order valence-electron chi connectivity index (χ1n) is 10.3. The summed E-state index contributed by atoms with van der Waals surface area (Å²) < 4.78 is 27.5. The number of piperidine rings is 1. The summed E-state index contributed by atoms with van der Waals surface area (Å²) in [7, 11) is -3.53. The molecule has 3 unspecified atom stereocenters. The van der Waals surface area contributed by atoms with Gasteiger partial charge in [-0.3, -0.25) is 4.98 Å². The largest absolute Gasteiger partial charge is 0.335 e. The molecule has 0 bridgehead atoms. The van der Waals surface area contributed by atoms with Crippen molar-refractivity contribution in [3.8, 4) is 0 Å². The Labute approximate surface area is 178 Å². The van der Waals surface area contributed by atoms with Gasteiger partial charge in [-0.1, -0.05) is 13.8 Å². The Morgan fingerprint density at radius 1 is 1.10 bits per heavy atom. The number of sulfonamides is 1. The van der Waals surface area contributed by atoms with Crippen LogP contribution in [0.4, 0.5) is 10.5 Å². The molecule has 0 saturated carbocycles. The zero-order valence-corrected chi connectivity index (χ0v) is 18.5. The summed E-state index contributed by atoms with van der Waals surface area (Å²) >= 11 is 0. The third kappa shape index (κ3) is 5.79. The number of carbonyl (C=O) groups excluding carboxylic acids is 1. The molecule has 1 aromatic heterocycles. The Balaban J connectivity index is 1.58. The van der Waals surface area contributed by atoms with E-state index in [1.54, 1.807) is 41.0 Å². The van der Waals surface area contributed by atoms with Gasteiger partial charge in [-0.25, -0.2) is 13.2 Å². The van der Waals surface area contributed by atoms with Gasteiger partial charge >= 0.3 is 6.03 Å². The van der Waals surface area contributed by atoms with Gasteiger partial charge in [-0.2, -0.15) is 4.31 Å². The van der Waals surface area contributed by atoms with Gasteiger partial charge in [0.15, 0.2) is 0 Å². The Morgan fingerprint density at radius 2 is 1.70 bits per heavy atom. The van der Waals surface area contributed by atoms with Crippen molar-refractivity contribution < 1.29 is 13.2 Å². The lowest BCUT2D eigenvalue weighted by molar-refractivity contribution is 0.222. The first-order chi connectivity index (χ1) is 14.2. The monoisotopic (exact) mass is 430 g/mol. The fraction of sp³-hybridized carbons (Fsp3) is 0.455. The first kappa shape index (κ1) is 22.2. The molecule has 1 aliphatic heterocycles. The van der Waals surface area contributed by atoms with E-state index >= 15 is 0 Å². The normalized spacial score (nSPS) is 21.0. The molecule has 2 N–H and O–H groups in total. The highest BCUT2D eigenvalue weighted by Crippen LogP contribution is 2.27. The van der Waals surface area contributed by atoms with E-state index in [-0.39, 0.29) is 17.0 Å². The maximum absolute atomic E-state index is 13.0. The Hall–Kier alpha value is -2.45. The molecule has 162 valence electrons. The summed E-state index contributed by atoms with van der Waals surface area (Å²) in [5.41, 5.74) is 1.64. The number of hydrogen-bond donors (Lipinski definition) is 2. The number of anilines is 1. The van der Waals surface area contributed by atoms with Crippen LogP contribution in [0.15, 0.2) is 53.7 Å². The minimum absolute atomic E-state index is 0.0601. The highest BCUT2D eigenvalue weighted by Gasteiger charge is 2.31. The van der Waals surface area contributed by atoms with Crippen LogP contribution >= 0.6 is 0 Å². The number of hydrogen-bond acceptors (Lipinski definition) is 4. The molecular formula is C22H30N4O3S. The molecule has 8 heteroatoms. The summed E-state index contributed by atoms with van der Waals surface area (Å²) in [5, 5.41) is 5.65. The minimum atomic E-state index is -3.53. The molecule has 0 radical (unpaired) electrons. The summed E-state index contributed by atoms with van der Waals surface area (Å²) in [5.74, 6) is 0.699. The Kier molecular flexibility index (Phi) is 7.10. The van der Waals surface area contributed by atoms with Gasteiger partial charge in [0, 0.05) is 37.2 Å². The van der Waals surface area contributed by atoms with Crippen molar-refractivity contribution in [2.24, 2.45) is 11.8 Å². The molecule has 30 heavy (non-hydrogen) atoms. The third-order valence-corrected chi connectivity index (χ3v) is 7.10. The van der Waals surface area contributed by atoms with Gasteiger partial charge in [0.05, 0.1) is 4.90 Å². The van der Waals surface area contributed by atoms with Crippen LogP contribution in [0.3, 0.4) is 0 Å². The minimum Gasteiger partial charge on any atom is -0.335 e. The second-order valence-corrected chi connectivity index (χ2v) is 10.3. The maximum atomic E-state index is 13.0. The van der Waals surface area contributed by atoms with Crippen molar-refractivity contribution >= 4 is 21.7 Å². The van der Waals surface area contributed by atoms with Crippen molar-refractivity contribution in [3.63, 3.8) is 0 Å². The van der Waals surface area contributed by atoms with E-state index in [9.17, 15) is 13.2 Å². The number of carbonyl (C=O) groups is 1. The van der Waals surface area contributed by atoms with Crippen LogP contribution in [0.2, 0.25) is 0 Å². The molecular weight excluding hydrogens is 400 g/mol. The fourth-order valence-corrected chi connectivity index (χ4v) is 5.66. The topological polar surface area (TPSA) is 91.4 Å². The van der Waals surface area contributed by atoms with Gasteiger partial charge in [0.25, 0.3) is 0 Å². The molecule has 0 spiro atoms. The second-order valence-electron chi connectivity index (χ2n) is 8.35. The number of nitrogens with one attached hydrogen (secondary N) is 2. The van der Waals surface area contributed by atoms with E-state index in [4.69, 9.17) is 0 Å². The fourth-order valence-electron chi connectivity index (χ4n) is 3.98. The van der Waals surface area contributed by atoms with E-state index in [0.29, 0.717) is 37.0 Å². The van der Waals surface area contributed by atoms with Gasteiger partial charge in [0.2, 0.25) is 10.0 Å². The number of aromatic nitrogens is 1. The Bertz CT molecular complexity index is 938. The van der Waals surface area contributed by atoms with E-state index in [2.05, 4.69) is 29.5 Å². The number of nitrogens with zero attached hydrogens (tertiary/aromatic N) is 2. The van der Waals surface area contributed by atoms with Crippen molar-refractivity contribution in [1.82, 2.24) is 14.6 Å². The molecule has 2 heterocycles. The molecule has 1 aliphatic rings. The predicted octanol–water partition coefficient (Wildman–Crippen LogP) is 3.50. The summed E-state index contributed by atoms with van der Waals surface area (Å²) in [6.45, 7) is 7.18. The quantitative estimate of drug-likeness (QED) is 0.734. The predicted molar refractivity (Wildman–Crippen MR) is 118 cm³/mol. The summed E-state index contributed by atoms with van der Waals surface area (Å²) in [6.07, 6.45) is 5.19. The van der Waals surface area contributed by atoms with E-state index in [0.717, 1.165) is 12.0 Å². The third-order valence-electron chi connectivity index (χ3n) is 5.25. The lowest BCUT2D eigenvalue weighted by atomic mass is 9.94. The van der Waals surface area contributed by atoms with E-state index in [1.807, 2.05) is 19.1 Å². The van der Waals surface area contributed by atoms with Crippen molar-refractivity contribution in [3.05, 3.63) is 54.4 Å². The smallest absolute Gasteiger partial charge is 0.319 e. The summed E-state index contributed by atoms with van der Waals surface area (Å²) in [4.78, 5) is 16.5. The van der Waals surface area contributed by atoms with Gasteiger partial charge in [-0.05, 0) is 73.6 Å². The summed E-state index contributed by atoms with van der Waals surface area (Å²) in [6, 6.07) is 9.79. The zero-order valence-electron chi connectivity index (χ0n) is 17.7. The standard InChI is InChI=1S/C22H30N4O3S/c1-16-12-17(2)15-26(14-16)30(28,29)21-6-4-20(5-7-21)25-22(27)24-18(3)13-19-8-10-23-11-9-19/h4-11,16-18H,12-15H2,1-3H3,(H2,24,25,27). The highest BCUT2D eigenvalue weighted by atomic mass is 32.2. The zero-order chi connectivity index (χ0) is 21.7. The number of amides is 2. The molecule has 7 nitrogen and oxygen atoms in total. The lowest BCUT2D eigenvalue weighted by Gasteiger charge is -2.34. The van der Waals surface area contributed by atoms with Crippen LogP contribution in [0, 0.1) is 11.8 Å². The van der Waals surface area contributed by atoms with Crippen LogP contribution in [-0.2, 0) is 16.4 Å². The lowest BCUT2D eigenvalue weighted by Crippen LogP contribution is -2.42. The van der Waals surface area contributed by atoms with Gasteiger partial charge in [-0.15, -0.1) is 0 Å². The highest BCUT2D eigenvalue weighted by molar-refractivity contribution is 7.89. The Morgan fingerprint density at radius 3 is 2.30 bits per heavy atom. The SMILES string of the molecule is CC1CC(C)CN(S(=O)(=O)c2ccc(NC(=O)NC(C)Cc3ccncc3)cc2)C1. The average Bonchev–Trinajstić information content (AvgIpc) is 2.68.